The van der Waals surface area contributed by atoms with Crippen LogP contribution in [0.15, 0.2) is 48.5 Å². The van der Waals surface area contributed by atoms with Crippen LogP contribution in [0.3, 0.4) is 0 Å². The fourth-order valence-electron chi connectivity index (χ4n) is 2.39. The van der Waals surface area contributed by atoms with Crippen LogP contribution in [0.5, 0.6) is 0 Å². The molecule has 0 aromatic heterocycles. The van der Waals surface area contributed by atoms with Crippen LogP contribution in [0.2, 0.25) is 0 Å². The predicted octanol–water partition coefficient (Wildman–Crippen LogP) is 1.27. The SMILES string of the molecule is CNC(=O)c1cccc(CNC(=O)Nc2cccc(C(=O)NCC(=O)OC)c2)c1. The van der Waals surface area contributed by atoms with Crippen molar-refractivity contribution in [1.82, 2.24) is 16.0 Å². The summed E-state index contributed by atoms with van der Waals surface area (Å²) in [5.41, 5.74) is 1.95. The Bertz CT molecular complexity index is 913. The molecule has 0 saturated carbocycles. The number of urea groups is 1. The van der Waals surface area contributed by atoms with Crippen molar-refractivity contribution in [3.63, 3.8) is 0 Å². The van der Waals surface area contributed by atoms with E-state index in [9.17, 15) is 19.2 Å². The van der Waals surface area contributed by atoms with Gasteiger partial charge >= 0.3 is 12.0 Å². The Morgan fingerprint density at radius 2 is 1.59 bits per heavy atom. The van der Waals surface area contributed by atoms with Crippen LogP contribution < -0.4 is 21.3 Å². The standard InChI is InChI=1S/C20H22N4O5/c1-21-18(26)14-6-3-5-13(9-14)11-23-20(28)24-16-8-4-7-15(10-16)19(27)22-12-17(25)29-2/h3-10H,11-12H2,1-2H3,(H,21,26)(H,22,27)(H2,23,24,28). The maximum Gasteiger partial charge on any atom is 0.325 e. The molecule has 29 heavy (non-hydrogen) atoms. The van der Waals surface area contributed by atoms with E-state index in [0.717, 1.165) is 5.56 Å². The summed E-state index contributed by atoms with van der Waals surface area (Å²) in [4.78, 5) is 46.9. The highest BCUT2D eigenvalue weighted by atomic mass is 16.5. The lowest BCUT2D eigenvalue weighted by Crippen LogP contribution is -2.30. The Morgan fingerprint density at radius 3 is 2.28 bits per heavy atom. The average Bonchev–Trinajstić information content (AvgIpc) is 2.75. The highest BCUT2D eigenvalue weighted by molar-refractivity contribution is 5.98. The predicted molar refractivity (Wildman–Crippen MR) is 106 cm³/mol. The lowest BCUT2D eigenvalue weighted by Gasteiger charge is -2.10. The summed E-state index contributed by atoms with van der Waals surface area (Å²) in [6, 6.07) is 12.7. The third kappa shape index (κ3) is 6.65. The number of nitrogens with one attached hydrogen (secondary N) is 4. The fraction of sp³-hybridized carbons (Fsp3) is 0.200. The van der Waals surface area contributed by atoms with E-state index in [0.29, 0.717) is 11.3 Å². The van der Waals surface area contributed by atoms with E-state index in [4.69, 9.17) is 0 Å². The summed E-state index contributed by atoms with van der Waals surface area (Å²) < 4.78 is 4.46. The Hall–Kier alpha value is -3.88. The summed E-state index contributed by atoms with van der Waals surface area (Å²) in [6.07, 6.45) is 0. The van der Waals surface area contributed by atoms with E-state index in [1.807, 2.05) is 0 Å². The molecule has 2 rings (SSSR count). The summed E-state index contributed by atoms with van der Waals surface area (Å²) in [5.74, 6) is -1.24. The summed E-state index contributed by atoms with van der Waals surface area (Å²) >= 11 is 0. The van der Waals surface area contributed by atoms with Crippen molar-refractivity contribution < 1.29 is 23.9 Å². The van der Waals surface area contributed by atoms with Crippen LogP contribution in [0.1, 0.15) is 26.3 Å². The first-order valence-electron chi connectivity index (χ1n) is 8.74. The van der Waals surface area contributed by atoms with Gasteiger partial charge < -0.3 is 26.0 Å². The first kappa shape index (κ1) is 21.4. The van der Waals surface area contributed by atoms with E-state index in [-0.39, 0.29) is 24.6 Å². The first-order valence-corrected chi connectivity index (χ1v) is 8.74. The van der Waals surface area contributed by atoms with Crippen LogP contribution in [-0.2, 0) is 16.1 Å². The summed E-state index contributed by atoms with van der Waals surface area (Å²) in [6.45, 7) is -0.0292. The number of anilines is 1. The highest BCUT2D eigenvalue weighted by Crippen LogP contribution is 2.11. The molecule has 0 fully saturated rings. The zero-order valence-corrected chi connectivity index (χ0v) is 16.1. The Kier molecular flexibility index (Phi) is 7.72. The molecule has 152 valence electrons. The molecule has 0 radical (unpaired) electrons. The molecule has 9 heteroatoms. The van der Waals surface area contributed by atoms with E-state index in [1.165, 1.54) is 13.2 Å². The summed E-state index contributed by atoms with van der Waals surface area (Å²) in [7, 11) is 2.77. The number of rotatable bonds is 7. The van der Waals surface area contributed by atoms with Gasteiger partial charge in [-0.25, -0.2) is 4.79 Å². The molecule has 4 amide bonds. The number of ether oxygens (including phenoxy) is 1. The van der Waals surface area contributed by atoms with Crippen molar-refractivity contribution >= 4 is 29.5 Å². The first-order chi connectivity index (χ1) is 13.9. The second-order valence-corrected chi connectivity index (χ2v) is 5.93. The third-order valence-electron chi connectivity index (χ3n) is 3.87. The van der Waals surface area contributed by atoms with Crippen LogP contribution >= 0.6 is 0 Å². The van der Waals surface area contributed by atoms with Gasteiger partial charge in [0.25, 0.3) is 11.8 Å². The van der Waals surface area contributed by atoms with Crippen molar-refractivity contribution in [2.45, 2.75) is 6.54 Å². The lowest BCUT2D eigenvalue weighted by molar-refractivity contribution is -0.139. The van der Waals surface area contributed by atoms with Gasteiger partial charge in [-0.05, 0) is 35.9 Å². The zero-order valence-electron chi connectivity index (χ0n) is 16.1. The molecule has 4 N–H and O–H groups in total. The van der Waals surface area contributed by atoms with Gasteiger partial charge in [0.1, 0.15) is 6.54 Å². The van der Waals surface area contributed by atoms with Gasteiger partial charge in [-0.3, -0.25) is 14.4 Å². The molecule has 0 aliphatic carbocycles. The molecule has 0 aliphatic rings. The number of amides is 4. The Labute approximate surface area is 167 Å². The number of esters is 1. The van der Waals surface area contributed by atoms with Gasteiger partial charge in [0, 0.05) is 30.4 Å². The maximum atomic E-state index is 12.1. The quantitative estimate of drug-likeness (QED) is 0.523. The molecular formula is C20H22N4O5. The van der Waals surface area contributed by atoms with Gasteiger partial charge in [0.2, 0.25) is 0 Å². The third-order valence-corrected chi connectivity index (χ3v) is 3.87. The number of carbonyl (C=O) groups is 4. The van der Waals surface area contributed by atoms with Crippen molar-refractivity contribution in [2.24, 2.45) is 0 Å². The molecule has 0 heterocycles. The van der Waals surface area contributed by atoms with Crippen molar-refractivity contribution in [1.29, 1.82) is 0 Å². The molecule has 0 unspecified atom stereocenters. The minimum absolute atomic E-state index is 0.210. The number of hydrogen-bond acceptors (Lipinski definition) is 5. The van der Waals surface area contributed by atoms with E-state index < -0.39 is 17.9 Å². The largest absolute Gasteiger partial charge is 0.468 e. The molecule has 2 aromatic carbocycles. The smallest absolute Gasteiger partial charge is 0.325 e. The number of benzene rings is 2. The Morgan fingerprint density at radius 1 is 0.897 bits per heavy atom. The number of hydrogen-bond donors (Lipinski definition) is 4. The second-order valence-electron chi connectivity index (χ2n) is 5.93. The highest BCUT2D eigenvalue weighted by Gasteiger charge is 2.10. The zero-order chi connectivity index (χ0) is 21.2. The normalized spacial score (nSPS) is 9.86. The van der Waals surface area contributed by atoms with Crippen LogP contribution in [0, 0.1) is 0 Å². The fourth-order valence-corrected chi connectivity index (χ4v) is 2.39. The van der Waals surface area contributed by atoms with Gasteiger partial charge in [-0.1, -0.05) is 18.2 Å². The van der Waals surface area contributed by atoms with E-state index >= 15 is 0 Å². The molecule has 2 aromatic rings. The van der Waals surface area contributed by atoms with Crippen molar-refractivity contribution in [3.05, 3.63) is 65.2 Å². The molecule has 9 nitrogen and oxygen atoms in total. The lowest BCUT2D eigenvalue weighted by atomic mass is 10.1. The number of methoxy groups -OCH3 is 1. The topological polar surface area (TPSA) is 126 Å². The average molecular weight is 398 g/mol. The molecular weight excluding hydrogens is 376 g/mol. The van der Waals surface area contributed by atoms with Gasteiger partial charge in [0.15, 0.2) is 0 Å². The van der Waals surface area contributed by atoms with Crippen LogP contribution in [0.25, 0.3) is 0 Å². The molecule has 0 saturated heterocycles. The number of carbonyl (C=O) groups excluding carboxylic acids is 4. The van der Waals surface area contributed by atoms with Gasteiger partial charge in [0.05, 0.1) is 7.11 Å². The Balaban J connectivity index is 1.91. The minimum atomic E-state index is -0.563. The van der Waals surface area contributed by atoms with Gasteiger partial charge in [-0.15, -0.1) is 0 Å². The molecule has 0 bridgehead atoms. The van der Waals surface area contributed by atoms with E-state index in [1.54, 1.807) is 49.5 Å². The molecule has 0 aliphatic heterocycles. The van der Waals surface area contributed by atoms with Crippen LogP contribution in [0.4, 0.5) is 10.5 Å². The molecule has 0 atom stereocenters. The molecule has 0 spiro atoms. The maximum absolute atomic E-state index is 12.1. The summed E-state index contributed by atoms with van der Waals surface area (Å²) in [5, 5.41) is 10.3. The van der Waals surface area contributed by atoms with Gasteiger partial charge in [-0.2, -0.15) is 0 Å². The van der Waals surface area contributed by atoms with Crippen LogP contribution in [-0.4, -0.2) is 44.5 Å². The minimum Gasteiger partial charge on any atom is -0.468 e. The van der Waals surface area contributed by atoms with Crippen molar-refractivity contribution in [2.75, 3.05) is 26.0 Å². The van der Waals surface area contributed by atoms with Crippen molar-refractivity contribution in [3.8, 4) is 0 Å². The monoisotopic (exact) mass is 398 g/mol. The second kappa shape index (κ2) is 10.5. The van der Waals surface area contributed by atoms with E-state index in [2.05, 4.69) is 26.0 Å².